The molecule has 0 atom stereocenters. The van der Waals surface area contributed by atoms with Crippen LogP contribution in [0.1, 0.15) is 32.7 Å². The molecule has 1 aliphatic carbocycles. The Morgan fingerprint density at radius 1 is 1.39 bits per heavy atom. The van der Waals surface area contributed by atoms with Gasteiger partial charge in [0, 0.05) is 12.1 Å². The third-order valence-corrected chi connectivity index (χ3v) is 4.42. The van der Waals surface area contributed by atoms with Gasteiger partial charge in [0.2, 0.25) is 5.91 Å². The number of nitrogens with zero attached hydrogens (tertiary/aromatic N) is 3. The van der Waals surface area contributed by atoms with E-state index in [1.165, 1.54) is 17.8 Å². The highest BCUT2D eigenvalue weighted by molar-refractivity contribution is 7.99. The third kappa shape index (κ3) is 3.72. The summed E-state index contributed by atoms with van der Waals surface area (Å²) in [5.74, 6) is 0.469. The Morgan fingerprint density at radius 2 is 2.13 bits per heavy atom. The van der Waals surface area contributed by atoms with Crippen LogP contribution in [0.5, 0.6) is 0 Å². The number of carbonyl (C=O) groups is 1. The summed E-state index contributed by atoms with van der Waals surface area (Å²) in [7, 11) is 0. The van der Waals surface area contributed by atoms with E-state index in [0.717, 1.165) is 12.8 Å². The van der Waals surface area contributed by atoms with Gasteiger partial charge in [-0.15, -0.1) is 10.2 Å². The first-order valence-corrected chi connectivity index (χ1v) is 8.66. The van der Waals surface area contributed by atoms with Crippen molar-refractivity contribution in [2.75, 3.05) is 5.75 Å². The van der Waals surface area contributed by atoms with Crippen LogP contribution >= 0.6 is 11.8 Å². The van der Waals surface area contributed by atoms with Crippen LogP contribution in [0.15, 0.2) is 29.4 Å². The highest BCUT2D eigenvalue weighted by Crippen LogP contribution is 2.41. The zero-order chi connectivity index (χ0) is 16.4. The molecule has 23 heavy (non-hydrogen) atoms. The number of hydrogen-bond donors (Lipinski definition) is 1. The number of carbonyl (C=O) groups excluding carboxylic acids is 1. The third-order valence-electron chi connectivity index (χ3n) is 3.47. The lowest BCUT2D eigenvalue weighted by molar-refractivity contribution is -0.119. The summed E-state index contributed by atoms with van der Waals surface area (Å²) in [6, 6.07) is 6.98. The molecule has 122 valence electrons. The molecule has 0 radical (unpaired) electrons. The van der Waals surface area contributed by atoms with Gasteiger partial charge < -0.3 is 5.32 Å². The quantitative estimate of drug-likeness (QED) is 0.825. The maximum Gasteiger partial charge on any atom is 0.230 e. The van der Waals surface area contributed by atoms with Gasteiger partial charge in [0.25, 0.3) is 0 Å². The molecular formula is C16H19FN4OS. The van der Waals surface area contributed by atoms with Crippen molar-refractivity contribution in [2.24, 2.45) is 0 Å². The van der Waals surface area contributed by atoms with E-state index < -0.39 is 0 Å². The van der Waals surface area contributed by atoms with E-state index in [0.29, 0.717) is 22.6 Å². The molecule has 1 N–H and O–H groups in total. The van der Waals surface area contributed by atoms with Crippen molar-refractivity contribution in [1.29, 1.82) is 0 Å². The Hall–Kier alpha value is -1.89. The van der Waals surface area contributed by atoms with E-state index >= 15 is 0 Å². The largest absolute Gasteiger partial charge is 0.353 e. The Balaban J connectivity index is 1.83. The van der Waals surface area contributed by atoms with E-state index in [1.54, 1.807) is 18.2 Å². The fourth-order valence-corrected chi connectivity index (χ4v) is 3.17. The van der Waals surface area contributed by atoms with Crippen molar-refractivity contribution >= 4 is 17.7 Å². The van der Waals surface area contributed by atoms with Gasteiger partial charge in [-0.05, 0) is 38.8 Å². The molecule has 0 bridgehead atoms. The number of nitrogens with one attached hydrogen (secondary N) is 1. The fourth-order valence-electron chi connectivity index (χ4n) is 2.36. The first-order chi connectivity index (χ1) is 11.1. The van der Waals surface area contributed by atoms with Crippen LogP contribution in [0.2, 0.25) is 0 Å². The smallest absolute Gasteiger partial charge is 0.230 e. The van der Waals surface area contributed by atoms with Gasteiger partial charge in [-0.25, -0.2) is 4.39 Å². The van der Waals surface area contributed by atoms with Crippen LogP contribution in [0, 0.1) is 5.82 Å². The monoisotopic (exact) mass is 334 g/mol. The molecule has 3 rings (SSSR count). The van der Waals surface area contributed by atoms with E-state index in [9.17, 15) is 9.18 Å². The predicted octanol–water partition coefficient (Wildman–Crippen LogP) is 3.04. The van der Waals surface area contributed by atoms with Crippen molar-refractivity contribution in [3.05, 3.63) is 30.1 Å². The average molecular weight is 334 g/mol. The minimum absolute atomic E-state index is 0.0391. The van der Waals surface area contributed by atoms with Gasteiger partial charge in [0.05, 0.1) is 11.3 Å². The Bertz CT molecular complexity index is 712. The standard InChI is InChI=1S/C16H19FN4OS/c1-10(2)18-14(22)9-23-16-20-19-15(21(16)11-7-8-11)12-5-3-4-6-13(12)17/h3-6,10-11H,7-9H2,1-2H3,(H,18,22). The maximum absolute atomic E-state index is 14.1. The lowest BCUT2D eigenvalue weighted by Crippen LogP contribution is -2.31. The van der Waals surface area contributed by atoms with Gasteiger partial charge in [-0.1, -0.05) is 23.9 Å². The van der Waals surface area contributed by atoms with E-state index in [-0.39, 0.29) is 23.5 Å². The Morgan fingerprint density at radius 3 is 2.78 bits per heavy atom. The second-order valence-electron chi connectivity index (χ2n) is 5.90. The van der Waals surface area contributed by atoms with Crippen LogP contribution in [-0.2, 0) is 4.79 Å². The normalized spacial score (nSPS) is 14.3. The fraction of sp³-hybridized carbons (Fsp3) is 0.438. The van der Waals surface area contributed by atoms with Crippen molar-refractivity contribution in [1.82, 2.24) is 20.1 Å². The number of rotatable bonds is 6. The molecule has 1 amide bonds. The van der Waals surface area contributed by atoms with Crippen LogP contribution in [0.4, 0.5) is 4.39 Å². The lowest BCUT2D eigenvalue weighted by atomic mass is 10.2. The van der Waals surface area contributed by atoms with Gasteiger partial charge >= 0.3 is 0 Å². The lowest BCUT2D eigenvalue weighted by Gasteiger charge is -2.10. The van der Waals surface area contributed by atoms with Crippen LogP contribution in [-0.4, -0.2) is 32.5 Å². The molecule has 1 aliphatic rings. The Labute approximate surface area is 138 Å². The molecule has 0 saturated heterocycles. The maximum atomic E-state index is 14.1. The SMILES string of the molecule is CC(C)NC(=O)CSc1nnc(-c2ccccc2F)n1C1CC1. The molecule has 1 heterocycles. The number of thioether (sulfide) groups is 1. The zero-order valence-electron chi connectivity index (χ0n) is 13.1. The van der Waals surface area contributed by atoms with E-state index in [4.69, 9.17) is 0 Å². The highest BCUT2D eigenvalue weighted by atomic mass is 32.2. The zero-order valence-corrected chi connectivity index (χ0v) is 13.9. The number of aromatic nitrogens is 3. The molecule has 2 aromatic rings. The second kappa shape index (κ2) is 6.70. The summed E-state index contributed by atoms with van der Waals surface area (Å²) in [5, 5.41) is 11.9. The summed E-state index contributed by atoms with van der Waals surface area (Å²) >= 11 is 1.34. The molecular weight excluding hydrogens is 315 g/mol. The van der Waals surface area contributed by atoms with Crippen molar-refractivity contribution in [3.63, 3.8) is 0 Å². The molecule has 1 aromatic carbocycles. The first-order valence-electron chi connectivity index (χ1n) is 7.68. The van der Waals surface area contributed by atoms with Crippen molar-refractivity contribution in [2.45, 2.75) is 43.9 Å². The van der Waals surface area contributed by atoms with Crippen molar-refractivity contribution < 1.29 is 9.18 Å². The summed E-state index contributed by atoms with van der Waals surface area (Å²) in [4.78, 5) is 11.8. The van der Waals surface area contributed by atoms with Crippen molar-refractivity contribution in [3.8, 4) is 11.4 Å². The molecule has 0 spiro atoms. The summed E-state index contributed by atoms with van der Waals surface area (Å²) in [5.41, 5.74) is 0.449. The predicted molar refractivity (Wildman–Crippen MR) is 87.7 cm³/mol. The first kappa shape index (κ1) is 16.0. The van der Waals surface area contributed by atoms with Crippen LogP contribution in [0.3, 0.4) is 0 Å². The molecule has 1 aromatic heterocycles. The average Bonchev–Trinajstić information content (AvgIpc) is 3.25. The van der Waals surface area contributed by atoms with Gasteiger partial charge in [0.15, 0.2) is 11.0 Å². The minimum Gasteiger partial charge on any atom is -0.353 e. The Kier molecular flexibility index (Phi) is 4.66. The van der Waals surface area contributed by atoms with Crippen LogP contribution < -0.4 is 5.32 Å². The molecule has 7 heteroatoms. The highest BCUT2D eigenvalue weighted by Gasteiger charge is 2.31. The number of amides is 1. The van der Waals surface area contributed by atoms with Gasteiger partial charge in [-0.2, -0.15) is 0 Å². The second-order valence-corrected chi connectivity index (χ2v) is 6.84. The summed E-state index contributed by atoms with van der Waals surface area (Å²) < 4.78 is 16.0. The molecule has 0 unspecified atom stereocenters. The number of hydrogen-bond acceptors (Lipinski definition) is 4. The summed E-state index contributed by atoms with van der Waals surface area (Å²) in [6.45, 7) is 3.84. The summed E-state index contributed by atoms with van der Waals surface area (Å²) in [6.07, 6.45) is 2.07. The van der Waals surface area contributed by atoms with Crippen LogP contribution in [0.25, 0.3) is 11.4 Å². The topological polar surface area (TPSA) is 59.8 Å². The molecule has 0 aliphatic heterocycles. The van der Waals surface area contributed by atoms with Gasteiger partial charge in [0.1, 0.15) is 5.82 Å². The van der Waals surface area contributed by atoms with Gasteiger partial charge in [-0.3, -0.25) is 9.36 Å². The minimum atomic E-state index is -0.309. The van der Waals surface area contributed by atoms with E-state index in [1.807, 2.05) is 18.4 Å². The molecule has 1 saturated carbocycles. The number of halogens is 1. The molecule has 1 fully saturated rings. The van der Waals surface area contributed by atoms with E-state index in [2.05, 4.69) is 15.5 Å². The molecule has 5 nitrogen and oxygen atoms in total. The number of benzene rings is 1.